The third kappa shape index (κ3) is 3.87. The zero-order valence-electron chi connectivity index (χ0n) is 26.6. The van der Waals surface area contributed by atoms with Gasteiger partial charge in [-0.25, -0.2) is 0 Å². The molecular formula is C48H28O. The van der Waals surface area contributed by atoms with Gasteiger partial charge in [0.25, 0.3) is 0 Å². The van der Waals surface area contributed by atoms with E-state index in [0.717, 1.165) is 27.5 Å². The van der Waals surface area contributed by atoms with Gasteiger partial charge in [-0.1, -0.05) is 146 Å². The lowest BCUT2D eigenvalue weighted by Gasteiger charge is -2.17. The average Bonchev–Trinajstić information content (AvgIpc) is 3.52. The summed E-state index contributed by atoms with van der Waals surface area (Å²) in [7, 11) is 0. The summed E-state index contributed by atoms with van der Waals surface area (Å²) in [6.45, 7) is 0. The molecule has 0 fully saturated rings. The Balaban J connectivity index is 1.27. The molecule has 0 saturated heterocycles. The molecule has 0 aliphatic heterocycles. The van der Waals surface area contributed by atoms with E-state index in [1.807, 2.05) is 0 Å². The van der Waals surface area contributed by atoms with Crippen LogP contribution < -0.4 is 0 Å². The standard InChI is InChI=1S/C48H28O/c1-2-9-29(10-3-1)38-21-17-31-20-24-41-39(22-18-32-19-23-40(38)46(31)47(32)41)42-26-35(37-16-8-14-30-11-6-7-15-36(30)37)28-45-48(42)43-25-33-12-4-5-13-34(33)27-44(43)49-45/h1-28H. The van der Waals surface area contributed by atoms with Gasteiger partial charge >= 0.3 is 0 Å². The Bertz CT molecular complexity index is 3090. The van der Waals surface area contributed by atoms with Gasteiger partial charge in [-0.05, 0) is 112 Å². The molecule has 10 aromatic carbocycles. The summed E-state index contributed by atoms with van der Waals surface area (Å²) in [4.78, 5) is 0. The minimum atomic E-state index is 0.905. The summed E-state index contributed by atoms with van der Waals surface area (Å²) in [5, 5.41) is 14.9. The van der Waals surface area contributed by atoms with Crippen LogP contribution in [0.4, 0.5) is 0 Å². The van der Waals surface area contributed by atoms with E-state index in [9.17, 15) is 0 Å². The molecule has 0 spiro atoms. The van der Waals surface area contributed by atoms with Crippen molar-refractivity contribution >= 4 is 75.8 Å². The van der Waals surface area contributed by atoms with Crippen LogP contribution in [0.2, 0.25) is 0 Å². The fourth-order valence-corrected chi connectivity index (χ4v) is 8.34. The van der Waals surface area contributed by atoms with Crippen molar-refractivity contribution in [2.45, 2.75) is 0 Å². The number of fused-ring (bicyclic) bond motifs is 5. The highest BCUT2D eigenvalue weighted by atomic mass is 16.3. The Kier molecular flexibility index (Phi) is 5.45. The summed E-state index contributed by atoms with van der Waals surface area (Å²) in [6, 6.07) is 62.1. The minimum Gasteiger partial charge on any atom is -0.456 e. The van der Waals surface area contributed by atoms with E-state index in [4.69, 9.17) is 4.42 Å². The Morgan fingerprint density at radius 1 is 0.265 bits per heavy atom. The first-order valence-corrected chi connectivity index (χ1v) is 16.9. The highest BCUT2D eigenvalue weighted by Gasteiger charge is 2.20. The van der Waals surface area contributed by atoms with Crippen LogP contribution in [-0.2, 0) is 0 Å². The van der Waals surface area contributed by atoms with Crippen LogP contribution in [0.15, 0.2) is 174 Å². The monoisotopic (exact) mass is 620 g/mol. The molecule has 11 aromatic rings. The topological polar surface area (TPSA) is 13.1 Å². The largest absolute Gasteiger partial charge is 0.456 e. The van der Waals surface area contributed by atoms with Gasteiger partial charge in [0.2, 0.25) is 0 Å². The van der Waals surface area contributed by atoms with Crippen LogP contribution in [0.1, 0.15) is 0 Å². The van der Waals surface area contributed by atoms with Gasteiger partial charge < -0.3 is 4.42 Å². The van der Waals surface area contributed by atoms with Crippen molar-refractivity contribution in [3.63, 3.8) is 0 Å². The number of rotatable bonds is 3. The quantitative estimate of drug-likeness (QED) is 0.179. The maximum absolute atomic E-state index is 6.79. The van der Waals surface area contributed by atoms with E-state index in [1.165, 1.54) is 81.7 Å². The Morgan fingerprint density at radius 2 is 0.878 bits per heavy atom. The van der Waals surface area contributed by atoms with Gasteiger partial charge in [-0.15, -0.1) is 0 Å². The molecule has 1 heterocycles. The number of furan rings is 1. The first kappa shape index (κ1) is 26.6. The van der Waals surface area contributed by atoms with Crippen molar-refractivity contribution in [1.29, 1.82) is 0 Å². The third-order valence-electron chi connectivity index (χ3n) is 10.6. The lowest BCUT2D eigenvalue weighted by molar-refractivity contribution is 0.669. The highest BCUT2D eigenvalue weighted by Crippen LogP contribution is 2.47. The predicted octanol–water partition coefficient (Wildman–Crippen LogP) is 13.8. The van der Waals surface area contributed by atoms with Crippen molar-refractivity contribution in [1.82, 2.24) is 0 Å². The van der Waals surface area contributed by atoms with Crippen LogP contribution >= 0.6 is 0 Å². The molecule has 0 atom stereocenters. The average molecular weight is 621 g/mol. The lowest BCUT2D eigenvalue weighted by atomic mass is 9.85. The van der Waals surface area contributed by atoms with Gasteiger partial charge in [0.15, 0.2) is 0 Å². The molecule has 0 bridgehead atoms. The van der Waals surface area contributed by atoms with Crippen LogP contribution in [0.3, 0.4) is 0 Å². The Labute approximate surface area is 282 Å². The van der Waals surface area contributed by atoms with E-state index in [1.54, 1.807) is 0 Å². The first-order chi connectivity index (χ1) is 24.3. The van der Waals surface area contributed by atoms with Crippen molar-refractivity contribution in [2.75, 3.05) is 0 Å². The second-order valence-corrected chi connectivity index (χ2v) is 13.2. The second-order valence-electron chi connectivity index (χ2n) is 13.2. The Hall–Kier alpha value is -6.44. The Morgan fingerprint density at radius 3 is 1.67 bits per heavy atom. The summed E-state index contributed by atoms with van der Waals surface area (Å²) >= 11 is 0. The van der Waals surface area contributed by atoms with E-state index in [2.05, 4.69) is 170 Å². The molecule has 0 unspecified atom stereocenters. The maximum Gasteiger partial charge on any atom is 0.136 e. The van der Waals surface area contributed by atoms with Gasteiger partial charge in [0, 0.05) is 10.8 Å². The van der Waals surface area contributed by atoms with Crippen LogP contribution in [-0.4, -0.2) is 0 Å². The van der Waals surface area contributed by atoms with Crippen molar-refractivity contribution in [2.24, 2.45) is 0 Å². The van der Waals surface area contributed by atoms with Gasteiger partial charge in [-0.2, -0.15) is 0 Å². The molecule has 1 aromatic heterocycles. The highest BCUT2D eigenvalue weighted by molar-refractivity contribution is 6.29. The van der Waals surface area contributed by atoms with Crippen LogP contribution in [0.5, 0.6) is 0 Å². The molecule has 0 saturated carbocycles. The molecule has 1 heteroatoms. The van der Waals surface area contributed by atoms with Crippen molar-refractivity contribution in [3.8, 4) is 33.4 Å². The SMILES string of the molecule is c1ccc(-c2ccc3ccc4c(-c5cc(-c6cccc7ccccc67)cc6oc7cc8ccccc8cc7c56)ccc5ccc2c3c54)cc1. The van der Waals surface area contributed by atoms with Gasteiger partial charge in [0.05, 0.1) is 0 Å². The fourth-order valence-electron chi connectivity index (χ4n) is 8.34. The smallest absolute Gasteiger partial charge is 0.136 e. The summed E-state index contributed by atoms with van der Waals surface area (Å²) in [5.74, 6) is 0. The van der Waals surface area contributed by atoms with E-state index in [0.29, 0.717) is 0 Å². The van der Waals surface area contributed by atoms with E-state index in [-0.39, 0.29) is 0 Å². The number of hydrogen-bond donors (Lipinski definition) is 0. The zero-order chi connectivity index (χ0) is 32.1. The number of hydrogen-bond acceptors (Lipinski definition) is 1. The van der Waals surface area contributed by atoms with Crippen LogP contribution in [0.25, 0.3) is 109 Å². The molecule has 0 N–H and O–H groups in total. The van der Waals surface area contributed by atoms with E-state index >= 15 is 0 Å². The second kappa shape index (κ2) is 10.0. The molecule has 226 valence electrons. The first-order valence-electron chi connectivity index (χ1n) is 16.9. The lowest BCUT2D eigenvalue weighted by Crippen LogP contribution is -1.90. The molecule has 11 rings (SSSR count). The van der Waals surface area contributed by atoms with Gasteiger partial charge in [0.1, 0.15) is 11.2 Å². The summed E-state index contributed by atoms with van der Waals surface area (Å²) < 4.78 is 6.79. The van der Waals surface area contributed by atoms with E-state index < -0.39 is 0 Å². The summed E-state index contributed by atoms with van der Waals surface area (Å²) in [5.41, 5.74) is 9.09. The predicted molar refractivity (Wildman–Crippen MR) is 209 cm³/mol. The molecular weight excluding hydrogens is 593 g/mol. The van der Waals surface area contributed by atoms with Crippen molar-refractivity contribution < 1.29 is 4.42 Å². The summed E-state index contributed by atoms with van der Waals surface area (Å²) in [6.07, 6.45) is 0. The van der Waals surface area contributed by atoms with Crippen LogP contribution in [0, 0.1) is 0 Å². The molecule has 0 radical (unpaired) electrons. The molecule has 0 aliphatic carbocycles. The molecule has 1 nitrogen and oxygen atoms in total. The fraction of sp³-hybridized carbons (Fsp3) is 0. The number of benzene rings is 10. The molecule has 49 heavy (non-hydrogen) atoms. The van der Waals surface area contributed by atoms with Gasteiger partial charge in [-0.3, -0.25) is 0 Å². The minimum absolute atomic E-state index is 0.905. The third-order valence-corrected chi connectivity index (χ3v) is 10.6. The molecule has 0 aliphatic rings. The maximum atomic E-state index is 6.79. The normalized spacial score (nSPS) is 12.1. The van der Waals surface area contributed by atoms with Crippen molar-refractivity contribution in [3.05, 3.63) is 170 Å². The molecule has 0 amide bonds. The zero-order valence-corrected chi connectivity index (χ0v) is 26.6.